The average Bonchev–Trinajstić information content (AvgIpc) is 2.28. The molecule has 0 bridgehead atoms. The lowest BCUT2D eigenvalue weighted by atomic mass is 10.0. The summed E-state index contributed by atoms with van der Waals surface area (Å²) in [5.41, 5.74) is 1.04. The summed E-state index contributed by atoms with van der Waals surface area (Å²) in [7, 11) is 0. The molecule has 0 aliphatic carbocycles. The molecule has 3 heteroatoms. The van der Waals surface area contributed by atoms with E-state index in [1.807, 2.05) is 44.2 Å². The van der Waals surface area contributed by atoms with Gasteiger partial charge in [0.05, 0.1) is 12.5 Å². The molecular formula is C12H14OS2. The Morgan fingerprint density at radius 3 is 2.40 bits per heavy atom. The van der Waals surface area contributed by atoms with Crippen LogP contribution in [0.4, 0.5) is 0 Å². The Labute approximate surface area is 101 Å². The predicted molar refractivity (Wildman–Crippen MR) is 71.5 cm³/mol. The SMILES string of the molecule is CCOC(=S)C(C)C(=S)c1ccccc1. The predicted octanol–water partition coefficient (Wildman–Crippen LogP) is 3.40. The molecule has 1 aromatic carbocycles. The second kappa shape index (κ2) is 5.93. The van der Waals surface area contributed by atoms with E-state index in [0.29, 0.717) is 11.7 Å². The van der Waals surface area contributed by atoms with Gasteiger partial charge >= 0.3 is 0 Å². The van der Waals surface area contributed by atoms with Gasteiger partial charge in [0.25, 0.3) is 0 Å². The van der Waals surface area contributed by atoms with Crippen molar-refractivity contribution in [3.63, 3.8) is 0 Å². The van der Waals surface area contributed by atoms with Crippen LogP contribution in [-0.4, -0.2) is 16.5 Å². The zero-order valence-electron chi connectivity index (χ0n) is 8.90. The number of hydrogen-bond donors (Lipinski definition) is 0. The van der Waals surface area contributed by atoms with E-state index in [1.54, 1.807) is 0 Å². The Balaban J connectivity index is 2.73. The van der Waals surface area contributed by atoms with E-state index in [-0.39, 0.29) is 5.92 Å². The van der Waals surface area contributed by atoms with Crippen LogP contribution in [0.25, 0.3) is 0 Å². The molecule has 1 nitrogen and oxygen atoms in total. The van der Waals surface area contributed by atoms with Gasteiger partial charge in [0.2, 0.25) is 0 Å². The molecule has 0 aromatic heterocycles. The van der Waals surface area contributed by atoms with Gasteiger partial charge in [0.1, 0.15) is 0 Å². The first kappa shape index (κ1) is 12.3. The second-order valence-electron chi connectivity index (χ2n) is 3.20. The normalized spacial score (nSPS) is 11.9. The molecule has 0 aliphatic heterocycles. The van der Waals surface area contributed by atoms with Crippen molar-refractivity contribution >= 4 is 34.4 Å². The molecule has 0 heterocycles. The lowest BCUT2D eigenvalue weighted by Crippen LogP contribution is -2.21. The van der Waals surface area contributed by atoms with E-state index in [9.17, 15) is 0 Å². The minimum atomic E-state index is 0.0114. The van der Waals surface area contributed by atoms with Crippen LogP contribution < -0.4 is 0 Å². The zero-order chi connectivity index (χ0) is 11.3. The lowest BCUT2D eigenvalue weighted by molar-refractivity contribution is 0.323. The first-order chi connectivity index (χ1) is 7.16. The maximum atomic E-state index is 5.37. The Kier molecular flexibility index (Phi) is 4.85. The van der Waals surface area contributed by atoms with Gasteiger partial charge in [-0.1, -0.05) is 42.5 Å². The van der Waals surface area contributed by atoms with Gasteiger partial charge in [-0.2, -0.15) is 0 Å². The molecule has 0 aliphatic rings. The van der Waals surface area contributed by atoms with Crippen molar-refractivity contribution < 1.29 is 4.74 Å². The summed E-state index contributed by atoms with van der Waals surface area (Å²) in [4.78, 5) is 0.842. The van der Waals surface area contributed by atoms with Crippen LogP contribution in [0.15, 0.2) is 30.3 Å². The second-order valence-corrected chi connectivity index (χ2v) is 4.05. The first-order valence-corrected chi connectivity index (χ1v) is 5.74. The molecule has 80 valence electrons. The van der Waals surface area contributed by atoms with Crippen molar-refractivity contribution in [2.24, 2.45) is 5.92 Å². The first-order valence-electron chi connectivity index (χ1n) is 4.92. The summed E-state index contributed by atoms with van der Waals surface area (Å²) in [5.74, 6) is 0.0114. The highest BCUT2D eigenvalue weighted by atomic mass is 32.1. The fourth-order valence-electron chi connectivity index (χ4n) is 1.23. The van der Waals surface area contributed by atoms with Crippen LogP contribution in [0.5, 0.6) is 0 Å². The third-order valence-electron chi connectivity index (χ3n) is 2.09. The third-order valence-corrected chi connectivity index (χ3v) is 3.15. The molecule has 0 N–H and O–H groups in total. The van der Waals surface area contributed by atoms with Crippen molar-refractivity contribution in [1.29, 1.82) is 0 Å². The van der Waals surface area contributed by atoms with Crippen LogP contribution in [0.1, 0.15) is 19.4 Å². The van der Waals surface area contributed by atoms with Crippen LogP contribution in [-0.2, 0) is 4.74 Å². The fourth-order valence-corrected chi connectivity index (χ4v) is 1.78. The summed E-state index contributed by atoms with van der Waals surface area (Å²) in [6.07, 6.45) is 0. The van der Waals surface area contributed by atoms with Crippen LogP contribution in [0, 0.1) is 5.92 Å². The Hall–Kier alpha value is -0.800. The van der Waals surface area contributed by atoms with Crippen molar-refractivity contribution in [2.75, 3.05) is 6.61 Å². The van der Waals surface area contributed by atoms with Crippen molar-refractivity contribution in [3.8, 4) is 0 Å². The van der Waals surface area contributed by atoms with E-state index in [2.05, 4.69) is 0 Å². The number of thiocarbonyl (C=S) groups is 2. The van der Waals surface area contributed by atoms with Crippen LogP contribution in [0.2, 0.25) is 0 Å². The number of ether oxygens (including phenoxy) is 1. The van der Waals surface area contributed by atoms with Gasteiger partial charge in [0, 0.05) is 4.86 Å². The molecule has 0 fully saturated rings. The molecule has 0 saturated carbocycles. The molecular weight excluding hydrogens is 224 g/mol. The minimum Gasteiger partial charge on any atom is -0.487 e. The van der Waals surface area contributed by atoms with E-state index in [0.717, 1.165) is 10.4 Å². The number of rotatable bonds is 4. The van der Waals surface area contributed by atoms with Gasteiger partial charge in [-0.05, 0) is 31.6 Å². The Morgan fingerprint density at radius 1 is 1.27 bits per heavy atom. The highest BCUT2D eigenvalue weighted by Crippen LogP contribution is 2.12. The number of benzene rings is 1. The summed E-state index contributed by atoms with van der Waals surface area (Å²) in [6, 6.07) is 9.90. The summed E-state index contributed by atoms with van der Waals surface area (Å²) in [6.45, 7) is 4.50. The van der Waals surface area contributed by atoms with Gasteiger partial charge in [-0.15, -0.1) is 0 Å². The van der Waals surface area contributed by atoms with E-state index >= 15 is 0 Å². The monoisotopic (exact) mass is 238 g/mol. The van der Waals surface area contributed by atoms with Crippen molar-refractivity contribution in [3.05, 3.63) is 35.9 Å². The van der Waals surface area contributed by atoms with Crippen molar-refractivity contribution in [1.82, 2.24) is 0 Å². The average molecular weight is 238 g/mol. The lowest BCUT2D eigenvalue weighted by Gasteiger charge is -2.14. The van der Waals surface area contributed by atoms with Gasteiger partial charge in [0.15, 0.2) is 5.05 Å². The largest absolute Gasteiger partial charge is 0.487 e. The summed E-state index contributed by atoms with van der Waals surface area (Å²) >= 11 is 10.5. The van der Waals surface area contributed by atoms with Gasteiger partial charge in [-0.25, -0.2) is 0 Å². The van der Waals surface area contributed by atoms with E-state index in [1.165, 1.54) is 0 Å². The molecule has 0 amide bonds. The quantitative estimate of drug-likeness (QED) is 0.588. The highest BCUT2D eigenvalue weighted by Gasteiger charge is 2.16. The standard InChI is InChI=1S/C12H14OS2/c1-3-13-12(15)9(2)11(14)10-7-5-4-6-8-10/h4-9H,3H2,1-2H3. The smallest absolute Gasteiger partial charge is 0.167 e. The molecule has 1 unspecified atom stereocenters. The third kappa shape index (κ3) is 3.36. The minimum absolute atomic E-state index is 0.0114. The van der Waals surface area contributed by atoms with Crippen LogP contribution >= 0.6 is 24.4 Å². The summed E-state index contributed by atoms with van der Waals surface area (Å²) in [5, 5.41) is 0.575. The molecule has 0 radical (unpaired) electrons. The maximum absolute atomic E-state index is 5.37. The maximum Gasteiger partial charge on any atom is 0.167 e. The van der Waals surface area contributed by atoms with E-state index < -0.39 is 0 Å². The highest BCUT2D eigenvalue weighted by molar-refractivity contribution is 7.82. The fraction of sp³-hybridized carbons (Fsp3) is 0.333. The van der Waals surface area contributed by atoms with Crippen molar-refractivity contribution in [2.45, 2.75) is 13.8 Å². The molecule has 1 aromatic rings. The molecule has 1 rings (SSSR count). The Bertz CT molecular complexity index is 346. The Morgan fingerprint density at radius 2 is 1.87 bits per heavy atom. The zero-order valence-corrected chi connectivity index (χ0v) is 10.5. The number of hydrogen-bond acceptors (Lipinski definition) is 3. The molecule has 0 saturated heterocycles. The topological polar surface area (TPSA) is 9.23 Å². The van der Waals surface area contributed by atoms with Crippen LogP contribution in [0.3, 0.4) is 0 Å². The molecule has 15 heavy (non-hydrogen) atoms. The summed E-state index contributed by atoms with van der Waals surface area (Å²) < 4.78 is 5.29. The van der Waals surface area contributed by atoms with Gasteiger partial charge < -0.3 is 4.74 Å². The molecule has 0 spiro atoms. The van der Waals surface area contributed by atoms with E-state index in [4.69, 9.17) is 29.2 Å². The van der Waals surface area contributed by atoms with Gasteiger partial charge in [-0.3, -0.25) is 0 Å². The molecule has 1 atom stereocenters.